The number of nitrogens with zero attached hydrogens (tertiary/aromatic N) is 2. The molecular weight excluding hydrogens is 190 g/mol. The molecular formula is C7H11N3O2S. The minimum absolute atomic E-state index is 0.000556. The summed E-state index contributed by atoms with van der Waals surface area (Å²) in [4.78, 5) is 3.64. The molecule has 0 saturated heterocycles. The molecule has 1 fully saturated rings. The van der Waals surface area contributed by atoms with Crippen molar-refractivity contribution in [2.45, 2.75) is 24.4 Å². The summed E-state index contributed by atoms with van der Waals surface area (Å²) in [6, 6.07) is 0. The van der Waals surface area contributed by atoms with Gasteiger partial charge in [-0.05, 0) is 18.8 Å². The molecule has 13 heavy (non-hydrogen) atoms. The van der Waals surface area contributed by atoms with Gasteiger partial charge in [-0.15, -0.1) is 0 Å². The second-order valence-corrected chi connectivity index (χ2v) is 5.32. The second-order valence-electron chi connectivity index (χ2n) is 3.37. The highest BCUT2D eigenvalue weighted by molar-refractivity contribution is 7.91. The van der Waals surface area contributed by atoms with E-state index in [1.54, 1.807) is 0 Å². The Morgan fingerprint density at radius 1 is 1.54 bits per heavy atom. The predicted octanol–water partition coefficient (Wildman–Crippen LogP) is 0.379. The van der Waals surface area contributed by atoms with Gasteiger partial charge in [0.05, 0.1) is 5.75 Å². The van der Waals surface area contributed by atoms with E-state index in [0.29, 0.717) is 5.92 Å². The van der Waals surface area contributed by atoms with Gasteiger partial charge in [-0.25, -0.2) is 13.4 Å². The Hall–Kier alpha value is -0.910. The van der Waals surface area contributed by atoms with E-state index in [2.05, 4.69) is 15.2 Å². The first-order valence-electron chi connectivity index (χ1n) is 4.26. The largest absolute Gasteiger partial charge is 0.250 e. The molecule has 1 aromatic heterocycles. The van der Waals surface area contributed by atoms with Crippen molar-refractivity contribution in [3.05, 3.63) is 6.33 Å². The molecule has 1 saturated carbocycles. The summed E-state index contributed by atoms with van der Waals surface area (Å²) >= 11 is 0. The molecule has 1 heterocycles. The molecule has 0 bridgehead atoms. The molecule has 0 radical (unpaired) electrons. The van der Waals surface area contributed by atoms with E-state index in [9.17, 15) is 8.42 Å². The van der Waals surface area contributed by atoms with E-state index in [4.69, 9.17) is 0 Å². The minimum Gasteiger partial charge on any atom is -0.250 e. The lowest BCUT2D eigenvalue weighted by molar-refractivity contribution is 0.347. The van der Waals surface area contributed by atoms with Crippen LogP contribution in [0.2, 0.25) is 0 Å². The number of H-pyrrole nitrogens is 1. The molecule has 0 amide bonds. The smallest absolute Gasteiger partial charge is 0.242 e. The normalized spacial score (nSPS) is 18.5. The molecule has 0 aliphatic heterocycles. The minimum atomic E-state index is -3.21. The van der Waals surface area contributed by atoms with E-state index < -0.39 is 9.84 Å². The van der Waals surface area contributed by atoms with Crippen LogP contribution in [0, 0.1) is 5.92 Å². The molecule has 1 N–H and O–H groups in total. The fourth-order valence-electron chi connectivity index (χ4n) is 1.39. The third-order valence-electron chi connectivity index (χ3n) is 2.37. The van der Waals surface area contributed by atoms with Gasteiger partial charge in [0.1, 0.15) is 6.33 Å². The Morgan fingerprint density at radius 3 is 2.77 bits per heavy atom. The van der Waals surface area contributed by atoms with Crippen molar-refractivity contribution in [3.8, 4) is 0 Å². The Labute approximate surface area is 76.5 Å². The first kappa shape index (κ1) is 8.68. The second kappa shape index (κ2) is 3.10. The van der Waals surface area contributed by atoms with Gasteiger partial charge < -0.3 is 0 Å². The molecule has 0 aromatic carbocycles. The molecule has 6 heteroatoms. The molecule has 5 nitrogen and oxygen atoms in total. The first-order valence-corrected chi connectivity index (χ1v) is 5.92. The van der Waals surface area contributed by atoms with Crippen LogP contribution >= 0.6 is 0 Å². The van der Waals surface area contributed by atoms with Crippen molar-refractivity contribution in [2.75, 3.05) is 5.75 Å². The summed E-state index contributed by atoms with van der Waals surface area (Å²) in [6.45, 7) is 0. The topological polar surface area (TPSA) is 75.7 Å². The Morgan fingerprint density at radius 2 is 2.31 bits per heavy atom. The van der Waals surface area contributed by atoms with E-state index in [1.807, 2.05) is 0 Å². The van der Waals surface area contributed by atoms with Crippen LogP contribution in [0.1, 0.15) is 19.3 Å². The molecule has 0 unspecified atom stereocenters. The number of nitrogens with one attached hydrogen (secondary N) is 1. The first-order chi connectivity index (χ1) is 6.18. The van der Waals surface area contributed by atoms with Gasteiger partial charge in [0.15, 0.2) is 0 Å². The fourth-order valence-corrected chi connectivity index (χ4v) is 2.90. The number of hydrogen-bond donors (Lipinski definition) is 1. The van der Waals surface area contributed by atoms with Crippen LogP contribution < -0.4 is 0 Å². The Kier molecular flexibility index (Phi) is 2.07. The van der Waals surface area contributed by atoms with Gasteiger partial charge in [-0.1, -0.05) is 6.42 Å². The lowest BCUT2D eigenvalue weighted by Crippen LogP contribution is -2.22. The highest BCUT2D eigenvalue weighted by atomic mass is 32.2. The average Bonchev–Trinajstić information content (AvgIpc) is 2.49. The fraction of sp³-hybridized carbons (Fsp3) is 0.714. The molecule has 72 valence electrons. The molecule has 0 atom stereocenters. The lowest BCUT2D eigenvalue weighted by Gasteiger charge is -2.24. The van der Waals surface area contributed by atoms with E-state index in [0.717, 1.165) is 19.3 Å². The van der Waals surface area contributed by atoms with E-state index in [1.165, 1.54) is 6.33 Å². The third-order valence-corrected chi connectivity index (χ3v) is 4.06. The van der Waals surface area contributed by atoms with Gasteiger partial charge in [0.25, 0.3) is 0 Å². The lowest BCUT2D eigenvalue weighted by atomic mass is 9.87. The monoisotopic (exact) mass is 201 g/mol. The van der Waals surface area contributed by atoms with Gasteiger partial charge in [-0.3, -0.25) is 5.10 Å². The van der Waals surface area contributed by atoms with Gasteiger partial charge >= 0.3 is 0 Å². The third kappa shape index (κ3) is 1.72. The van der Waals surface area contributed by atoms with Crippen LogP contribution in [-0.2, 0) is 9.84 Å². The van der Waals surface area contributed by atoms with Crippen molar-refractivity contribution < 1.29 is 8.42 Å². The number of rotatable bonds is 3. The van der Waals surface area contributed by atoms with Crippen LogP contribution in [-0.4, -0.2) is 29.4 Å². The van der Waals surface area contributed by atoms with Crippen molar-refractivity contribution >= 4 is 9.84 Å². The van der Waals surface area contributed by atoms with Crippen LogP contribution in [0.4, 0.5) is 0 Å². The van der Waals surface area contributed by atoms with Gasteiger partial charge in [0.2, 0.25) is 15.0 Å². The maximum atomic E-state index is 11.6. The summed E-state index contributed by atoms with van der Waals surface area (Å²) in [5.74, 6) is 0.539. The van der Waals surface area contributed by atoms with Crippen LogP contribution in [0.15, 0.2) is 11.5 Å². The van der Waals surface area contributed by atoms with Crippen LogP contribution in [0.25, 0.3) is 0 Å². The van der Waals surface area contributed by atoms with Crippen molar-refractivity contribution in [1.29, 1.82) is 0 Å². The maximum Gasteiger partial charge on any atom is 0.242 e. The molecule has 0 spiro atoms. The predicted molar refractivity (Wildman–Crippen MR) is 45.8 cm³/mol. The number of aromatic nitrogens is 3. The standard InChI is InChI=1S/C7H11N3O2S/c11-13(12,4-6-2-1-3-6)7-8-5-9-10-7/h5-6H,1-4H2,(H,8,9,10). The summed E-state index contributed by atoms with van der Waals surface area (Å²) < 4.78 is 23.1. The zero-order chi connectivity index (χ0) is 9.31. The Balaban J connectivity index is 2.12. The summed E-state index contributed by atoms with van der Waals surface area (Å²) in [5.41, 5.74) is 0. The van der Waals surface area contributed by atoms with Crippen LogP contribution in [0.5, 0.6) is 0 Å². The zero-order valence-electron chi connectivity index (χ0n) is 7.10. The van der Waals surface area contributed by atoms with Crippen LogP contribution in [0.3, 0.4) is 0 Å². The Bertz CT molecular complexity index is 366. The SMILES string of the molecule is O=S(=O)(CC1CCC1)c1ncn[nH]1. The summed E-state index contributed by atoms with van der Waals surface area (Å²) in [5, 5.41) is 5.91. The summed E-state index contributed by atoms with van der Waals surface area (Å²) in [7, 11) is -3.21. The quantitative estimate of drug-likeness (QED) is 0.767. The van der Waals surface area contributed by atoms with Crippen molar-refractivity contribution in [3.63, 3.8) is 0 Å². The van der Waals surface area contributed by atoms with Gasteiger partial charge in [-0.2, -0.15) is 5.10 Å². The average molecular weight is 201 g/mol. The molecule has 1 aromatic rings. The maximum absolute atomic E-state index is 11.6. The molecule has 2 rings (SSSR count). The number of aromatic amines is 1. The molecule has 1 aliphatic carbocycles. The molecule has 1 aliphatic rings. The van der Waals surface area contributed by atoms with E-state index in [-0.39, 0.29) is 10.9 Å². The number of sulfone groups is 1. The zero-order valence-corrected chi connectivity index (χ0v) is 7.92. The summed E-state index contributed by atoms with van der Waals surface area (Å²) in [6.07, 6.45) is 4.41. The van der Waals surface area contributed by atoms with Crippen molar-refractivity contribution in [2.24, 2.45) is 5.92 Å². The number of hydrogen-bond acceptors (Lipinski definition) is 4. The van der Waals surface area contributed by atoms with Crippen molar-refractivity contribution in [1.82, 2.24) is 15.2 Å². The van der Waals surface area contributed by atoms with E-state index >= 15 is 0 Å². The highest BCUT2D eigenvalue weighted by Crippen LogP contribution is 2.28. The highest BCUT2D eigenvalue weighted by Gasteiger charge is 2.27. The van der Waals surface area contributed by atoms with Gasteiger partial charge in [0, 0.05) is 0 Å².